The second-order valence-electron chi connectivity index (χ2n) is 6.07. The van der Waals surface area contributed by atoms with Crippen molar-refractivity contribution in [3.63, 3.8) is 0 Å². The molecule has 73 valence electrons. The van der Waals surface area contributed by atoms with E-state index in [2.05, 4.69) is 6.92 Å². The van der Waals surface area contributed by atoms with Crippen molar-refractivity contribution < 1.29 is 10.2 Å². The van der Waals surface area contributed by atoms with Crippen LogP contribution in [0.2, 0.25) is 0 Å². The summed E-state index contributed by atoms with van der Waals surface area (Å²) in [5.74, 6) is 1.40. The van der Waals surface area contributed by atoms with Crippen LogP contribution < -0.4 is 0 Å². The normalized spacial score (nSPS) is 60.2. The summed E-state index contributed by atoms with van der Waals surface area (Å²) in [6.07, 6.45) is 5.24. The van der Waals surface area contributed by atoms with Gasteiger partial charge in [0.05, 0.1) is 11.2 Å². The van der Waals surface area contributed by atoms with Crippen LogP contribution in [0.25, 0.3) is 0 Å². The van der Waals surface area contributed by atoms with Crippen LogP contribution in [-0.2, 0) is 0 Å². The van der Waals surface area contributed by atoms with Crippen molar-refractivity contribution in [2.24, 2.45) is 5.41 Å². The van der Waals surface area contributed by atoms with Gasteiger partial charge in [-0.05, 0) is 43.4 Å². The van der Waals surface area contributed by atoms with E-state index in [0.717, 1.165) is 32.1 Å². The molecule has 4 saturated carbocycles. The Bertz CT molecular complexity index is 210. The molecule has 4 fully saturated rings. The summed E-state index contributed by atoms with van der Waals surface area (Å²) in [5, 5.41) is 20.5. The maximum atomic E-state index is 10.3. The van der Waals surface area contributed by atoms with Crippen molar-refractivity contribution >= 4 is 0 Å². The molecule has 1 radical (unpaired) electrons. The second-order valence-corrected chi connectivity index (χ2v) is 6.07. The second kappa shape index (κ2) is 1.96. The summed E-state index contributed by atoms with van der Waals surface area (Å²) < 4.78 is 0. The average molecular weight is 181 g/mol. The van der Waals surface area contributed by atoms with E-state index in [0.29, 0.717) is 6.42 Å². The van der Waals surface area contributed by atoms with Crippen molar-refractivity contribution in [3.8, 4) is 0 Å². The highest BCUT2D eigenvalue weighted by molar-refractivity contribution is 5.23. The van der Waals surface area contributed by atoms with Crippen LogP contribution in [-0.4, -0.2) is 21.4 Å². The first kappa shape index (κ1) is 8.25. The Kier molecular flexibility index (Phi) is 1.24. The monoisotopic (exact) mass is 181 g/mol. The Labute approximate surface area is 79.0 Å². The van der Waals surface area contributed by atoms with E-state index < -0.39 is 11.2 Å². The molecule has 2 unspecified atom stereocenters. The van der Waals surface area contributed by atoms with E-state index >= 15 is 0 Å². The third-order valence-corrected chi connectivity index (χ3v) is 4.00. The molecule has 2 N–H and O–H groups in total. The smallest absolute Gasteiger partial charge is 0.0685 e. The van der Waals surface area contributed by atoms with Gasteiger partial charge in [-0.25, -0.2) is 0 Å². The molecule has 2 nitrogen and oxygen atoms in total. The van der Waals surface area contributed by atoms with Crippen molar-refractivity contribution in [1.82, 2.24) is 0 Å². The largest absolute Gasteiger partial charge is 0.390 e. The molecule has 4 bridgehead atoms. The van der Waals surface area contributed by atoms with Crippen LogP contribution in [0.1, 0.15) is 45.4 Å². The number of rotatable bonds is 0. The first-order valence-electron chi connectivity index (χ1n) is 5.19. The Morgan fingerprint density at radius 1 is 0.923 bits per heavy atom. The van der Waals surface area contributed by atoms with Gasteiger partial charge in [0.15, 0.2) is 0 Å². The zero-order chi connectivity index (χ0) is 9.32. The Hall–Kier alpha value is -0.0800. The van der Waals surface area contributed by atoms with E-state index in [-0.39, 0.29) is 5.41 Å². The maximum Gasteiger partial charge on any atom is 0.0685 e. The quantitative estimate of drug-likeness (QED) is 0.593. The van der Waals surface area contributed by atoms with E-state index in [1.807, 2.05) is 0 Å². The van der Waals surface area contributed by atoms with E-state index in [4.69, 9.17) is 0 Å². The molecule has 0 aromatic rings. The highest BCUT2D eigenvalue weighted by atomic mass is 16.3. The van der Waals surface area contributed by atoms with Crippen molar-refractivity contribution in [1.29, 1.82) is 0 Å². The topological polar surface area (TPSA) is 40.5 Å². The lowest BCUT2D eigenvalue weighted by Gasteiger charge is -2.62. The highest BCUT2D eigenvalue weighted by Gasteiger charge is 2.61. The van der Waals surface area contributed by atoms with Gasteiger partial charge < -0.3 is 10.2 Å². The summed E-state index contributed by atoms with van der Waals surface area (Å²) in [6.45, 7) is 2.21. The predicted octanol–water partition coefficient (Wildman–Crippen LogP) is 1.41. The summed E-state index contributed by atoms with van der Waals surface area (Å²) in [5.41, 5.74) is -0.936. The van der Waals surface area contributed by atoms with Gasteiger partial charge in [0, 0.05) is 6.42 Å². The first-order chi connectivity index (χ1) is 5.91. The summed E-state index contributed by atoms with van der Waals surface area (Å²) in [7, 11) is 0. The molecule has 2 atom stereocenters. The molecule has 4 aliphatic carbocycles. The number of hydrogen-bond donors (Lipinski definition) is 2. The minimum absolute atomic E-state index is 0.188. The Morgan fingerprint density at radius 2 is 1.46 bits per heavy atom. The van der Waals surface area contributed by atoms with Gasteiger partial charge >= 0.3 is 0 Å². The molecular formula is C11H17O2. The minimum Gasteiger partial charge on any atom is -0.390 e. The Morgan fingerprint density at radius 3 is 1.85 bits per heavy atom. The molecule has 0 aromatic carbocycles. The number of hydrogen-bond acceptors (Lipinski definition) is 2. The first-order valence-corrected chi connectivity index (χ1v) is 5.19. The molecule has 0 aromatic heterocycles. The minimum atomic E-state index is -0.562. The van der Waals surface area contributed by atoms with Crippen LogP contribution in [0.5, 0.6) is 0 Å². The molecule has 0 amide bonds. The van der Waals surface area contributed by atoms with Crippen LogP contribution >= 0.6 is 0 Å². The fourth-order valence-electron chi connectivity index (χ4n) is 4.49. The fourth-order valence-corrected chi connectivity index (χ4v) is 4.49. The third-order valence-electron chi connectivity index (χ3n) is 4.00. The Balaban J connectivity index is 2.03. The number of aliphatic hydroxyl groups is 2. The SMILES string of the molecule is CC12C[C]3CC(O)(C1)CC(O)(C3)C2. The van der Waals surface area contributed by atoms with Gasteiger partial charge in [0.1, 0.15) is 0 Å². The van der Waals surface area contributed by atoms with E-state index in [9.17, 15) is 10.2 Å². The van der Waals surface area contributed by atoms with Gasteiger partial charge in [-0.15, -0.1) is 0 Å². The summed E-state index contributed by atoms with van der Waals surface area (Å²) in [6, 6.07) is 0. The van der Waals surface area contributed by atoms with Crippen molar-refractivity contribution in [2.45, 2.75) is 56.7 Å². The summed E-state index contributed by atoms with van der Waals surface area (Å²) >= 11 is 0. The zero-order valence-corrected chi connectivity index (χ0v) is 8.14. The molecule has 0 aliphatic heterocycles. The molecule has 0 heterocycles. The van der Waals surface area contributed by atoms with Gasteiger partial charge in [0.2, 0.25) is 0 Å². The van der Waals surface area contributed by atoms with Gasteiger partial charge in [-0.2, -0.15) is 0 Å². The standard InChI is InChI=1S/C11H17O2/c1-9-2-8-3-10(12,5-9)7-11(13,4-8)6-9/h12-13H,2-7H2,1H3. The van der Waals surface area contributed by atoms with Crippen molar-refractivity contribution in [3.05, 3.63) is 5.92 Å². The lowest BCUT2D eigenvalue weighted by Crippen LogP contribution is -2.61. The highest BCUT2D eigenvalue weighted by Crippen LogP contribution is 2.63. The lowest BCUT2D eigenvalue weighted by molar-refractivity contribution is -0.192. The van der Waals surface area contributed by atoms with Gasteiger partial charge in [-0.3, -0.25) is 0 Å². The lowest BCUT2D eigenvalue weighted by atomic mass is 9.47. The fraction of sp³-hybridized carbons (Fsp3) is 0.909. The van der Waals surface area contributed by atoms with E-state index in [1.165, 1.54) is 5.92 Å². The molecule has 0 spiro atoms. The predicted molar refractivity (Wildman–Crippen MR) is 49.0 cm³/mol. The molecule has 0 saturated heterocycles. The average Bonchev–Trinajstić information content (AvgIpc) is 1.71. The molecule has 4 aliphatic rings. The van der Waals surface area contributed by atoms with Crippen molar-refractivity contribution in [2.75, 3.05) is 0 Å². The van der Waals surface area contributed by atoms with Crippen LogP contribution in [0.4, 0.5) is 0 Å². The van der Waals surface area contributed by atoms with Gasteiger partial charge in [0.25, 0.3) is 0 Å². The van der Waals surface area contributed by atoms with Gasteiger partial charge in [-0.1, -0.05) is 6.92 Å². The maximum absolute atomic E-state index is 10.3. The summed E-state index contributed by atoms with van der Waals surface area (Å²) in [4.78, 5) is 0. The molecule has 13 heavy (non-hydrogen) atoms. The van der Waals surface area contributed by atoms with E-state index in [1.54, 1.807) is 0 Å². The zero-order valence-electron chi connectivity index (χ0n) is 8.14. The molecular weight excluding hydrogens is 164 g/mol. The molecule has 4 rings (SSSR count). The molecule has 2 heteroatoms. The van der Waals surface area contributed by atoms with Crippen LogP contribution in [0.15, 0.2) is 0 Å². The third kappa shape index (κ3) is 1.08. The van der Waals surface area contributed by atoms with Crippen LogP contribution in [0, 0.1) is 11.3 Å². The van der Waals surface area contributed by atoms with Crippen LogP contribution in [0.3, 0.4) is 0 Å².